The van der Waals surface area contributed by atoms with Gasteiger partial charge in [-0.15, -0.1) is 10.2 Å². The number of hydrogen-bond donors (Lipinski definition) is 1. The number of amides is 1. The highest BCUT2D eigenvalue weighted by Gasteiger charge is 2.11. The van der Waals surface area contributed by atoms with E-state index in [9.17, 15) is 4.79 Å². The van der Waals surface area contributed by atoms with E-state index in [-0.39, 0.29) is 5.91 Å². The van der Waals surface area contributed by atoms with E-state index in [2.05, 4.69) is 20.5 Å². The second-order valence-electron chi connectivity index (χ2n) is 4.35. The Balaban J connectivity index is 1.77. The average Bonchev–Trinajstić information content (AvgIpc) is 3.02. The summed E-state index contributed by atoms with van der Waals surface area (Å²) in [5.74, 6) is 0.313. The molecule has 0 fully saturated rings. The predicted octanol–water partition coefficient (Wildman–Crippen LogP) is 3.22. The van der Waals surface area contributed by atoms with E-state index in [0.717, 1.165) is 0 Å². The molecule has 22 heavy (non-hydrogen) atoms. The maximum atomic E-state index is 12.2. The molecule has 6 nitrogen and oxygen atoms in total. The lowest BCUT2D eigenvalue weighted by Gasteiger charge is -2.07. The normalized spacial score (nSPS) is 10.5. The number of hydrogen-bond acceptors (Lipinski definition) is 4. The molecular formula is C14H9Cl2N5O. The first-order valence-corrected chi connectivity index (χ1v) is 6.96. The number of carbonyl (C=O) groups excluding carboxylic acids is 1. The molecule has 1 N–H and O–H groups in total. The molecule has 0 saturated carbocycles. The van der Waals surface area contributed by atoms with Crippen LogP contribution in [0.25, 0.3) is 5.82 Å². The van der Waals surface area contributed by atoms with Crippen LogP contribution in [-0.4, -0.2) is 25.7 Å². The molecule has 3 aromatic rings. The summed E-state index contributed by atoms with van der Waals surface area (Å²) in [7, 11) is 0. The third kappa shape index (κ3) is 3.08. The van der Waals surface area contributed by atoms with Crippen molar-refractivity contribution in [1.29, 1.82) is 0 Å². The highest BCUT2D eigenvalue weighted by Crippen LogP contribution is 2.22. The molecule has 0 aliphatic carbocycles. The van der Waals surface area contributed by atoms with E-state index >= 15 is 0 Å². The molecular weight excluding hydrogens is 325 g/mol. The van der Waals surface area contributed by atoms with Gasteiger partial charge in [0.05, 0.1) is 22.5 Å². The van der Waals surface area contributed by atoms with Crippen LogP contribution in [0.3, 0.4) is 0 Å². The van der Waals surface area contributed by atoms with E-state index in [0.29, 0.717) is 27.1 Å². The van der Waals surface area contributed by atoms with Crippen molar-refractivity contribution in [3.8, 4) is 5.82 Å². The van der Waals surface area contributed by atoms with Crippen molar-refractivity contribution in [3.05, 3.63) is 64.8 Å². The van der Waals surface area contributed by atoms with Gasteiger partial charge >= 0.3 is 0 Å². The molecule has 0 aliphatic rings. The smallest absolute Gasteiger partial charge is 0.257 e. The van der Waals surface area contributed by atoms with Gasteiger partial charge in [0.2, 0.25) is 0 Å². The third-order valence-corrected chi connectivity index (χ3v) is 3.41. The van der Waals surface area contributed by atoms with Crippen LogP contribution in [0.4, 0.5) is 5.69 Å². The standard InChI is InChI=1S/C14H9Cl2N5O/c15-9-1-3-11(12(16)5-9)14(22)20-10-2-4-13(17-6-10)21-7-18-19-8-21/h1-8H,(H,20,22). The highest BCUT2D eigenvalue weighted by atomic mass is 35.5. The first kappa shape index (κ1) is 14.5. The Kier molecular flexibility index (Phi) is 4.04. The van der Waals surface area contributed by atoms with Crippen molar-refractivity contribution >= 4 is 34.8 Å². The number of aromatic nitrogens is 4. The zero-order chi connectivity index (χ0) is 15.5. The maximum absolute atomic E-state index is 12.2. The number of halogens is 2. The van der Waals surface area contributed by atoms with Gasteiger partial charge in [-0.3, -0.25) is 9.36 Å². The number of nitrogens with one attached hydrogen (secondary N) is 1. The summed E-state index contributed by atoms with van der Waals surface area (Å²) in [5.41, 5.74) is 0.891. The SMILES string of the molecule is O=C(Nc1ccc(-n2cnnc2)nc1)c1ccc(Cl)cc1Cl. The molecule has 0 radical (unpaired) electrons. The number of carbonyl (C=O) groups is 1. The van der Waals surface area contributed by atoms with E-state index in [1.807, 2.05) is 0 Å². The third-order valence-electron chi connectivity index (χ3n) is 2.86. The molecule has 1 amide bonds. The summed E-state index contributed by atoms with van der Waals surface area (Å²) >= 11 is 11.8. The fraction of sp³-hybridized carbons (Fsp3) is 0. The van der Waals surface area contributed by atoms with Gasteiger partial charge in [-0.05, 0) is 30.3 Å². The fourth-order valence-corrected chi connectivity index (χ4v) is 2.30. The first-order valence-electron chi connectivity index (χ1n) is 6.21. The minimum Gasteiger partial charge on any atom is -0.321 e. The van der Waals surface area contributed by atoms with E-state index in [1.54, 1.807) is 28.8 Å². The van der Waals surface area contributed by atoms with Crippen LogP contribution in [0.2, 0.25) is 10.0 Å². The van der Waals surface area contributed by atoms with Crippen LogP contribution < -0.4 is 5.32 Å². The zero-order valence-electron chi connectivity index (χ0n) is 11.1. The Morgan fingerprint density at radius 2 is 1.86 bits per heavy atom. The van der Waals surface area contributed by atoms with Crippen molar-refractivity contribution in [3.63, 3.8) is 0 Å². The summed E-state index contributed by atoms with van der Waals surface area (Å²) in [6, 6.07) is 8.16. The Hall–Kier alpha value is -2.44. The topological polar surface area (TPSA) is 72.7 Å². The summed E-state index contributed by atoms with van der Waals surface area (Å²) in [6.07, 6.45) is 4.61. The number of benzene rings is 1. The number of rotatable bonds is 3. The molecule has 1 aromatic carbocycles. The van der Waals surface area contributed by atoms with Crippen LogP contribution >= 0.6 is 23.2 Å². The van der Waals surface area contributed by atoms with Crippen LogP contribution in [0.1, 0.15) is 10.4 Å². The fourth-order valence-electron chi connectivity index (χ4n) is 1.80. The largest absolute Gasteiger partial charge is 0.321 e. The highest BCUT2D eigenvalue weighted by molar-refractivity contribution is 6.37. The molecule has 8 heteroatoms. The van der Waals surface area contributed by atoms with Crippen molar-refractivity contribution in [2.75, 3.05) is 5.32 Å². The monoisotopic (exact) mass is 333 g/mol. The van der Waals surface area contributed by atoms with Crippen molar-refractivity contribution < 1.29 is 4.79 Å². The van der Waals surface area contributed by atoms with Gasteiger partial charge in [0.25, 0.3) is 5.91 Å². The van der Waals surface area contributed by atoms with Gasteiger partial charge in [-0.25, -0.2) is 4.98 Å². The predicted molar refractivity (Wildman–Crippen MR) is 83.6 cm³/mol. The second kappa shape index (κ2) is 6.13. The van der Waals surface area contributed by atoms with Gasteiger partial charge in [-0.2, -0.15) is 0 Å². The second-order valence-corrected chi connectivity index (χ2v) is 5.20. The molecule has 110 valence electrons. The van der Waals surface area contributed by atoms with E-state index in [1.165, 1.54) is 24.9 Å². The number of nitrogens with zero attached hydrogens (tertiary/aromatic N) is 4. The van der Waals surface area contributed by atoms with Crippen LogP contribution in [0, 0.1) is 0 Å². The molecule has 0 unspecified atom stereocenters. The van der Waals surface area contributed by atoms with Crippen LogP contribution in [0.5, 0.6) is 0 Å². The maximum Gasteiger partial charge on any atom is 0.257 e. The number of pyridine rings is 1. The Morgan fingerprint density at radius 1 is 1.09 bits per heavy atom. The molecule has 0 atom stereocenters. The van der Waals surface area contributed by atoms with Crippen molar-refractivity contribution in [2.24, 2.45) is 0 Å². The average molecular weight is 334 g/mol. The van der Waals surface area contributed by atoms with Crippen molar-refractivity contribution in [2.45, 2.75) is 0 Å². The van der Waals surface area contributed by atoms with Crippen LogP contribution in [0.15, 0.2) is 49.2 Å². The van der Waals surface area contributed by atoms with Crippen LogP contribution in [-0.2, 0) is 0 Å². The van der Waals surface area contributed by atoms with Gasteiger partial charge in [-0.1, -0.05) is 23.2 Å². The lowest BCUT2D eigenvalue weighted by atomic mass is 10.2. The lowest BCUT2D eigenvalue weighted by Crippen LogP contribution is -2.12. The van der Waals surface area contributed by atoms with Gasteiger partial charge < -0.3 is 5.32 Å². The zero-order valence-corrected chi connectivity index (χ0v) is 12.6. The summed E-state index contributed by atoms with van der Waals surface area (Å²) in [4.78, 5) is 16.4. The molecule has 0 aliphatic heterocycles. The Labute approximate surface area is 135 Å². The minimum absolute atomic E-state index is 0.291. The summed E-state index contributed by atoms with van der Waals surface area (Å²) < 4.78 is 1.65. The van der Waals surface area contributed by atoms with Gasteiger partial charge in [0, 0.05) is 5.02 Å². The quantitative estimate of drug-likeness (QED) is 0.798. The Morgan fingerprint density at radius 3 is 2.50 bits per heavy atom. The first-order chi connectivity index (χ1) is 10.6. The van der Waals surface area contributed by atoms with Crippen molar-refractivity contribution in [1.82, 2.24) is 19.7 Å². The van der Waals surface area contributed by atoms with E-state index in [4.69, 9.17) is 23.2 Å². The molecule has 3 rings (SSSR count). The Bertz CT molecular complexity index is 803. The molecule has 0 spiro atoms. The lowest BCUT2D eigenvalue weighted by molar-refractivity contribution is 0.102. The molecule has 2 heterocycles. The molecule has 0 bridgehead atoms. The van der Waals surface area contributed by atoms with Gasteiger partial charge in [0.1, 0.15) is 18.5 Å². The van der Waals surface area contributed by atoms with Gasteiger partial charge in [0.15, 0.2) is 0 Å². The minimum atomic E-state index is -0.333. The molecule has 0 saturated heterocycles. The van der Waals surface area contributed by atoms with E-state index < -0.39 is 0 Å². The molecule has 2 aromatic heterocycles. The summed E-state index contributed by atoms with van der Waals surface area (Å²) in [5, 5.41) is 10.9. The number of anilines is 1. The summed E-state index contributed by atoms with van der Waals surface area (Å²) in [6.45, 7) is 0.